The molecule has 2 amide bonds. The first kappa shape index (κ1) is 50.9. The van der Waals surface area contributed by atoms with Crippen LogP contribution in [0.3, 0.4) is 0 Å². The maximum Gasteiger partial charge on any atom is 0.324 e. The molecule has 2 aliphatic heterocycles. The van der Waals surface area contributed by atoms with Gasteiger partial charge in [0.2, 0.25) is 0 Å². The van der Waals surface area contributed by atoms with E-state index in [1.54, 1.807) is 76.9 Å². The zero-order valence-electron chi connectivity index (χ0n) is 39.3. The Morgan fingerprint density at radius 2 is 1.65 bits per heavy atom. The van der Waals surface area contributed by atoms with Gasteiger partial charge in [0.15, 0.2) is 23.9 Å². The number of esters is 1. The fourth-order valence-electron chi connectivity index (χ4n) is 9.10. The zero-order chi connectivity index (χ0) is 46.4. The van der Waals surface area contributed by atoms with Gasteiger partial charge < -0.3 is 58.6 Å². The second-order valence-corrected chi connectivity index (χ2v) is 18.5. The molecular weight excluding hydrogens is 799 g/mol. The van der Waals surface area contributed by atoms with Gasteiger partial charge in [0.05, 0.1) is 49.1 Å². The highest BCUT2D eigenvalue weighted by Crippen LogP contribution is 2.39. The second-order valence-electron chi connectivity index (χ2n) is 18.5. The number of aliphatic hydroxyl groups is 4. The number of cyclic esters (lactones) is 1. The van der Waals surface area contributed by atoms with Gasteiger partial charge in [-0.25, -0.2) is 4.79 Å². The number of anilines is 1. The third kappa shape index (κ3) is 11.9. The number of hydrogen-bond acceptors (Lipinski definition) is 13. The molecule has 0 unspecified atom stereocenters. The molecule has 0 spiro atoms. The first-order valence-corrected chi connectivity index (χ1v) is 22.0. The van der Waals surface area contributed by atoms with Gasteiger partial charge in [-0.05, 0) is 105 Å². The van der Waals surface area contributed by atoms with Gasteiger partial charge in [-0.3, -0.25) is 9.69 Å². The molecule has 2 fully saturated rings. The Bertz CT molecular complexity index is 1750. The lowest BCUT2D eigenvalue weighted by Crippen LogP contribution is -2.62. The number of para-hydroxylation sites is 1. The Hall–Kier alpha value is -3.70. The number of rotatable bonds is 10. The highest BCUT2D eigenvalue weighted by atomic mass is 16.7. The number of carbonyl (C=O) groups excluding carboxylic acids is 2. The van der Waals surface area contributed by atoms with E-state index >= 15 is 0 Å². The molecular formula is C47H75N3O12. The Labute approximate surface area is 369 Å². The Morgan fingerprint density at radius 1 is 1.00 bits per heavy atom. The van der Waals surface area contributed by atoms with Crippen LogP contribution in [0, 0.1) is 17.8 Å². The summed E-state index contributed by atoms with van der Waals surface area (Å²) in [6, 6.07) is 12.9. The van der Waals surface area contributed by atoms with Gasteiger partial charge in [0.1, 0.15) is 23.6 Å². The van der Waals surface area contributed by atoms with E-state index in [2.05, 4.69) is 0 Å². The maximum atomic E-state index is 14.3. The molecule has 0 radical (unpaired) electrons. The van der Waals surface area contributed by atoms with Crippen LogP contribution in [0.4, 0.5) is 10.5 Å². The van der Waals surface area contributed by atoms with E-state index in [9.17, 15) is 30.0 Å². The summed E-state index contributed by atoms with van der Waals surface area (Å²) in [7, 11) is 6.78. The molecule has 15 nitrogen and oxygen atoms in total. The van der Waals surface area contributed by atoms with Gasteiger partial charge in [0, 0.05) is 44.4 Å². The van der Waals surface area contributed by atoms with Crippen molar-refractivity contribution in [3.8, 4) is 17.2 Å². The van der Waals surface area contributed by atoms with Crippen molar-refractivity contribution in [1.82, 2.24) is 9.80 Å². The van der Waals surface area contributed by atoms with E-state index in [-0.39, 0.29) is 30.9 Å². The summed E-state index contributed by atoms with van der Waals surface area (Å²) in [5, 5.41) is 47.7. The van der Waals surface area contributed by atoms with Crippen LogP contribution in [0.2, 0.25) is 0 Å². The van der Waals surface area contributed by atoms with Crippen LogP contribution in [0.5, 0.6) is 17.2 Å². The molecule has 2 heterocycles. The Balaban J connectivity index is 1.83. The van der Waals surface area contributed by atoms with Crippen LogP contribution in [-0.2, 0) is 19.0 Å². The molecule has 15 heteroatoms. The summed E-state index contributed by atoms with van der Waals surface area (Å²) in [4.78, 5) is 33.2. The van der Waals surface area contributed by atoms with E-state index in [0.29, 0.717) is 35.9 Å². The second kappa shape index (κ2) is 21.3. The van der Waals surface area contributed by atoms with Crippen LogP contribution in [0.15, 0.2) is 48.5 Å². The molecule has 2 aromatic rings. The normalized spacial score (nSPS) is 35.6. The van der Waals surface area contributed by atoms with Crippen LogP contribution >= 0.6 is 0 Å². The largest absolute Gasteiger partial charge is 0.493 e. The molecule has 62 heavy (non-hydrogen) atoms. The average molecular weight is 874 g/mol. The molecule has 4 N–H and O–H groups in total. The van der Waals surface area contributed by atoms with Crippen molar-refractivity contribution in [2.24, 2.45) is 17.8 Å². The maximum absolute atomic E-state index is 14.3. The van der Waals surface area contributed by atoms with E-state index in [1.807, 2.05) is 70.0 Å². The van der Waals surface area contributed by atoms with Crippen LogP contribution in [-0.4, -0.2) is 149 Å². The number of amides is 2. The Morgan fingerprint density at radius 3 is 2.24 bits per heavy atom. The minimum atomic E-state index is -1.81. The topological polar surface area (TPSA) is 180 Å². The number of aliphatic hydroxyl groups excluding tert-OH is 2. The molecule has 0 bridgehead atoms. The van der Waals surface area contributed by atoms with Crippen molar-refractivity contribution in [3.05, 3.63) is 48.5 Å². The van der Waals surface area contributed by atoms with Gasteiger partial charge in [0.25, 0.3) is 0 Å². The molecule has 14 atom stereocenters. The summed E-state index contributed by atoms with van der Waals surface area (Å²) in [5.41, 5.74) is -2.77. The lowest BCUT2D eigenvalue weighted by atomic mass is 9.78. The number of nitrogens with zero attached hydrogens (tertiary/aromatic N) is 3. The van der Waals surface area contributed by atoms with Crippen LogP contribution in [0.25, 0.3) is 0 Å². The van der Waals surface area contributed by atoms with Crippen molar-refractivity contribution in [2.45, 2.75) is 161 Å². The predicted octanol–water partition coefficient (Wildman–Crippen LogP) is 5.48. The lowest BCUT2D eigenvalue weighted by molar-refractivity contribution is -0.293. The van der Waals surface area contributed by atoms with Crippen molar-refractivity contribution < 1.29 is 58.4 Å². The monoisotopic (exact) mass is 874 g/mol. The molecule has 2 aromatic carbocycles. The van der Waals surface area contributed by atoms with Crippen LogP contribution < -0.4 is 19.1 Å². The molecule has 2 aliphatic rings. The van der Waals surface area contributed by atoms with Crippen molar-refractivity contribution in [1.29, 1.82) is 0 Å². The molecule has 4 rings (SSSR count). The minimum Gasteiger partial charge on any atom is -0.493 e. The summed E-state index contributed by atoms with van der Waals surface area (Å²) in [6.45, 7) is 17.9. The number of carbonyl (C=O) groups is 2. The average Bonchev–Trinajstić information content (AvgIpc) is 3.22. The standard InChI is InChI=1S/C47H75N3O12/c1-15-38-47(10,56)41(52)32(8)48(11)26-28(4)25-46(9,55)42(30(6)39(51)31(7)43(53)61-38)62-44-40(60-34-21-22-36(57-14)37(24-34)58-27(2)3)35(23-29(5)59-44)50(13)45(54)49(12)33-19-17-16-18-20-33/h16-22,24,27-32,35,38-42,44,51-52,55-56H,15,23,25-26H2,1-14H3/t28-,29-,30+,31-,32-,35+,38-,39+,40-,41-,42-,44+,46-,47-/m1/s1. The van der Waals surface area contributed by atoms with Crippen molar-refractivity contribution in [3.63, 3.8) is 0 Å². The fraction of sp³-hybridized carbons (Fsp3) is 0.702. The first-order valence-electron chi connectivity index (χ1n) is 22.0. The molecule has 0 aromatic heterocycles. The zero-order valence-corrected chi connectivity index (χ0v) is 39.3. The van der Waals surface area contributed by atoms with Crippen molar-refractivity contribution >= 4 is 17.7 Å². The van der Waals surface area contributed by atoms with Crippen LogP contribution in [0.1, 0.15) is 88.5 Å². The third-order valence-corrected chi connectivity index (χ3v) is 12.8. The predicted molar refractivity (Wildman–Crippen MR) is 236 cm³/mol. The molecule has 2 saturated heterocycles. The molecule has 0 aliphatic carbocycles. The van der Waals surface area contributed by atoms with E-state index < -0.39 is 84.0 Å². The van der Waals surface area contributed by atoms with Gasteiger partial charge in [-0.15, -0.1) is 0 Å². The van der Waals surface area contributed by atoms with E-state index in [1.165, 1.54) is 13.8 Å². The number of ether oxygens (including phenoxy) is 6. The highest BCUT2D eigenvalue weighted by Gasteiger charge is 2.51. The lowest BCUT2D eigenvalue weighted by Gasteiger charge is -2.48. The summed E-state index contributed by atoms with van der Waals surface area (Å²) < 4.78 is 37.9. The van der Waals surface area contributed by atoms with E-state index in [4.69, 9.17) is 28.4 Å². The number of benzene rings is 2. The van der Waals surface area contributed by atoms with Gasteiger partial charge in [-0.1, -0.05) is 39.0 Å². The number of methoxy groups -OCH3 is 1. The third-order valence-electron chi connectivity index (χ3n) is 12.8. The summed E-state index contributed by atoms with van der Waals surface area (Å²) in [6.07, 6.45) is -7.09. The smallest absolute Gasteiger partial charge is 0.324 e. The molecule has 0 saturated carbocycles. The van der Waals surface area contributed by atoms with Crippen molar-refractivity contribution in [2.75, 3.05) is 39.7 Å². The SMILES string of the molecule is CC[C@H]1OC(=O)[C@H](C)[C@@H](O)[C@H](C)[C@@H](O[C@@H]2O[C@H](C)C[C@H](N(C)C(=O)N(C)c3ccccc3)[C@H]2Oc2ccc(OC)c(OC(C)C)c2)[C@](C)(O)C[C@@H](C)CN(C)[C@H](C)[C@@H](O)[C@]1(C)O. The van der Waals surface area contributed by atoms with Gasteiger partial charge in [-0.2, -0.15) is 0 Å². The highest BCUT2D eigenvalue weighted by molar-refractivity contribution is 5.91. The van der Waals surface area contributed by atoms with Gasteiger partial charge >= 0.3 is 12.0 Å². The minimum absolute atomic E-state index is 0.167. The fourth-order valence-corrected chi connectivity index (χ4v) is 9.10. The number of urea groups is 1. The summed E-state index contributed by atoms with van der Waals surface area (Å²) in [5.74, 6) is -1.71. The molecule has 350 valence electrons. The number of likely N-dealkylation sites (N-methyl/N-ethyl adjacent to an activating group) is 2. The first-order chi connectivity index (χ1) is 28.9. The van der Waals surface area contributed by atoms with E-state index in [0.717, 1.165) is 0 Å². The quantitative estimate of drug-likeness (QED) is 0.221. The Kier molecular flexibility index (Phi) is 17.5. The summed E-state index contributed by atoms with van der Waals surface area (Å²) >= 11 is 0. The number of hydrogen-bond donors (Lipinski definition) is 4.